The second-order valence-electron chi connectivity index (χ2n) is 3.38. The first-order valence-electron chi connectivity index (χ1n) is 5.10. The fourth-order valence-electron chi connectivity index (χ4n) is 1.67. The zero-order valence-corrected chi connectivity index (χ0v) is 9.23. The number of rotatable bonds is 2. The minimum Gasteiger partial charge on any atom is -0.465 e. The zero-order valence-electron chi connectivity index (χ0n) is 9.23. The normalized spacial score (nSPS) is 10.4. The number of esters is 1. The Hall–Kier alpha value is -1.97. The summed E-state index contributed by atoms with van der Waals surface area (Å²) in [6.45, 7) is 1.94. The van der Waals surface area contributed by atoms with Gasteiger partial charge in [-0.1, -0.05) is 25.1 Å². The van der Waals surface area contributed by atoms with E-state index in [1.54, 1.807) is 0 Å². The molecule has 0 fully saturated rings. The summed E-state index contributed by atoms with van der Waals surface area (Å²) < 4.78 is 4.78. The van der Waals surface area contributed by atoms with Gasteiger partial charge in [-0.25, -0.2) is 4.79 Å². The fraction of sp³-hybridized carbons (Fsp3) is 0.250. The summed E-state index contributed by atoms with van der Waals surface area (Å²) in [5.41, 5.74) is 1.90. The van der Waals surface area contributed by atoms with Gasteiger partial charge in [-0.05, 0) is 12.5 Å². The van der Waals surface area contributed by atoms with Crippen LogP contribution in [0, 0.1) is 0 Å². The molecule has 0 aliphatic rings. The number of hydrogen-bond acceptors (Lipinski definition) is 4. The fourth-order valence-corrected chi connectivity index (χ4v) is 1.67. The van der Waals surface area contributed by atoms with Crippen LogP contribution < -0.4 is 0 Å². The van der Waals surface area contributed by atoms with Crippen molar-refractivity contribution in [2.45, 2.75) is 13.3 Å². The maximum atomic E-state index is 11.7. The highest BCUT2D eigenvalue weighted by molar-refractivity contribution is 6.04. The Kier molecular flexibility index (Phi) is 2.81. The number of aryl methyl sites for hydroxylation is 1. The van der Waals surface area contributed by atoms with Gasteiger partial charge in [0, 0.05) is 5.39 Å². The van der Waals surface area contributed by atoms with Gasteiger partial charge in [0.2, 0.25) is 0 Å². The predicted molar refractivity (Wildman–Crippen MR) is 60.3 cm³/mol. The van der Waals surface area contributed by atoms with Crippen LogP contribution in [0.1, 0.15) is 23.0 Å². The van der Waals surface area contributed by atoms with Crippen molar-refractivity contribution < 1.29 is 9.53 Å². The van der Waals surface area contributed by atoms with Crippen LogP contribution in [0.2, 0.25) is 0 Å². The van der Waals surface area contributed by atoms with Crippen LogP contribution in [0.25, 0.3) is 10.9 Å². The summed E-state index contributed by atoms with van der Waals surface area (Å²) in [7, 11) is 1.37. The van der Waals surface area contributed by atoms with Gasteiger partial charge >= 0.3 is 5.97 Å². The van der Waals surface area contributed by atoms with Crippen molar-refractivity contribution in [1.29, 1.82) is 0 Å². The number of fused-ring (bicyclic) bond motifs is 1. The van der Waals surface area contributed by atoms with Crippen LogP contribution >= 0.6 is 0 Å². The molecule has 1 heterocycles. The van der Waals surface area contributed by atoms with E-state index >= 15 is 0 Å². The average molecular weight is 216 g/mol. The van der Waals surface area contributed by atoms with Crippen LogP contribution in [0.15, 0.2) is 24.3 Å². The molecule has 0 unspecified atom stereocenters. The van der Waals surface area contributed by atoms with Crippen LogP contribution in [0.4, 0.5) is 0 Å². The molecule has 0 radical (unpaired) electrons. The highest BCUT2D eigenvalue weighted by Gasteiger charge is 2.16. The molecule has 2 aromatic rings. The molecule has 2 rings (SSSR count). The second kappa shape index (κ2) is 4.26. The SMILES string of the molecule is CCc1nnc2ccccc2c1C(=O)OC. The van der Waals surface area contributed by atoms with Gasteiger partial charge in [0.25, 0.3) is 0 Å². The van der Waals surface area contributed by atoms with Gasteiger partial charge in [-0.2, -0.15) is 10.2 Å². The first-order valence-corrected chi connectivity index (χ1v) is 5.10. The molecule has 0 N–H and O–H groups in total. The van der Waals surface area contributed by atoms with Gasteiger partial charge in [0.15, 0.2) is 0 Å². The summed E-state index contributed by atoms with van der Waals surface area (Å²) >= 11 is 0. The number of carbonyl (C=O) groups excluding carboxylic acids is 1. The Bertz CT molecular complexity index is 538. The number of carbonyl (C=O) groups is 1. The third-order valence-corrected chi connectivity index (χ3v) is 2.46. The number of benzene rings is 1. The van der Waals surface area contributed by atoms with E-state index in [0.29, 0.717) is 23.2 Å². The molecule has 16 heavy (non-hydrogen) atoms. The molecule has 0 aliphatic heterocycles. The molecule has 0 saturated carbocycles. The van der Waals surface area contributed by atoms with Crippen molar-refractivity contribution in [2.75, 3.05) is 7.11 Å². The monoisotopic (exact) mass is 216 g/mol. The Morgan fingerprint density at radius 1 is 1.31 bits per heavy atom. The number of hydrogen-bond donors (Lipinski definition) is 0. The smallest absolute Gasteiger partial charge is 0.340 e. The Morgan fingerprint density at radius 3 is 2.75 bits per heavy atom. The quantitative estimate of drug-likeness (QED) is 0.720. The molecule has 0 bridgehead atoms. The van der Waals surface area contributed by atoms with E-state index in [2.05, 4.69) is 10.2 Å². The Balaban J connectivity index is 2.78. The number of ether oxygens (including phenoxy) is 1. The highest BCUT2D eigenvalue weighted by atomic mass is 16.5. The lowest BCUT2D eigenvalue weighted by atomic mass is 10.1. The average Bonchev–Trinajstić information content (AvgIpc) is 2.36. The summed E-state index contributed by atoms with van der Waals surface area (Å²) in [5, 5.41) is 8.91. The van der Waals surface area contributed by atoms with Gasteiger partial charge in [0.05, 0.1) is 23.9 Å². The Labute approximate surface area is 93.3 Å². The molecule has 0 saturated heterocycles. The summed E-state index contributed by atoms with van der Waals surface area (Å²) in [6.07, 6.45) is 0.655. The van der Waals surface area contributed by atoms with Crippen LogP contribution in [0.5, 0.6) is 0 Å². The second-order valence-corrected chi connectivity index (χ2v) is 3.38. The molecule has 0 amide bonds. The molecule has 82 valence electrons. The van der Waals surface area contributed by atoms with Crippen LogP contribution in [0.3, 0.4) is 0 Å². The number of methoxy groups -OCH3 is 1. The van der Waals surface area contributed by atoms with Crippen molar-refractivity contribution in [3.63, 3.8) is 0 Å². The Morgan fingerprint density at radius 2 is 2.06 bits per heavy atom. The molecule has 0 spiro atoms. The van der Waals surface area contributed by atoms with E-state index < -0.39 is 0 Å². The van der Waals surface area contributed by atoms with E-state index in [-0.39, 0.29) is 5.97 Å². The van der Waals surface area contributed by atoms with E-state index in [4.69, 9.17) is 4.74 Å². The predicted octanol–water partition coefficient (Wildman–Crippen LogP) is 1.98. The minimum atomic E-state index is -0.358. The largest absolute Gasteiger partial charge is 0.465 e. The van der Waals surface area contributed by atoms with Crippen molar-refractivity contribution in [3.8, 4) is 0 Å². The third kappa shape index (κ3) is 1.62. The maximum Gasteiger partial charge on any atom is 0.340 e. The van der Waals surface area contributed by atoms with Crippen molar-refractivity contribution >= 4 is 16.9 Å². The van der Waals surface area contributed by atoms with E-state index in [1.165, 1.54) is 7.11 Å². The lowest BCUT2D eigenvalue weighted by Crippen LogP contribution is -2.09. The standard InChI is InChI=1S/C12H12N2O2/c1-3-9-11(12(15)16-2)8-6-4-5-7-10(8)14-13-9/h4-7H,3H2,1-2H3. The van der Waals surface area contributed by atoms with Gasteiger partial charge in [-0.15, -0.1) is 0 Å². The lowest BCUT2D eigenvalue weighted by Gasteiger charge is -2.07. The lowest BCUT2D eigenvalue weighted by molar-refractivity contribution is 0.0601. The van der Waals surface area contributed by atoms with Crippen molar-refractivity contribution in [1.82, 2.24) is 10.2 Å². The van der Waals surface area contributed by atoms with E-state index in [0.717, 1.165) is 5.39 Å². The first-order chi connectivity index (χ1) is 7.77. The molecule has 0 aliphatic carbocycles. The van der Waals surface area contributed by atoms with E-state index in [1.807, 2.05) is 31.2 Å². The van der Waals surface area contributed by atoms with Crippen LogP contribution in [-0.4, -0.2) is 23.3 Å². The molecule has 1 aromatic heterocycles. The number of nitrogens with zero attached hydrogens (tertiary/aromatic N) is 2. The molecular weight excluding hydrogens is 204 g/mol. The molecular formula is C12H12N2O2. The highest BCUT2D eigenvalue weighted by Crippen LogP contribution is 2.19. The van der Waals surface area contributed by atoms with Gasteiger partial charge in [0.1, 0.15) is 0 Å². The van der Waals surface area contributed by atoms with Crippen molar-refractivity contribution in [2.24, 2.45) is 0 Å². The topological polar surface area (TPSA) is 52.1 Å². The molecule has 4 heteroatoms. The zero-order chi connectivity index (χ0) is 11.5. The van der Waals surface area contributed by atoms with E-state index in [9.17, 15) is 4.79 Å². The maximum absolute atomic E-state index is 11.7. The number of aromatic nitrogens is 2. The third-order valence-electron chi connectivity index (χ3n) is 2.46. The molecule has 1 aromatic carbocycles. The molecule has 0 atom stereocenters. The summed E-state index contributed by atoms with van der Waals surface area (Å²) in [4.78, 5) is 11.7. The van der Waals surface area contributed by atoms with Crippen molar-refractivity contribution in [3.05, 3.63) is 35.5 Å². The first kappa shape index (κ1) is 10.5. The van der Waals surface area contributed by atoms with Crippen LogP contribution in [-0.2, 0) is 11.2 Å². The minimum absolute atomic E-state index is 0.358. The summed E-state index contributed by atoms with van der Waals surface area (Å²) in [5.74, 6) is -0.358. The molecule has 4 nitrogen and oxygen atoms in total. The summed E-state index contributed by atoms with van der Waals surface area (Å²) in [6, 6.07) is 7.42. The van der Waals surface area contributed by atoms with Gasteiger partial charge < -0.3 is 4.74 Å². The van der Waals surface area contributed by atoms with Gasteiger partial charge in [-0.3, -0.25) is 0 Å².